The number of nitriles is 1. The van der Waals surface area contributed by atoms with E-state index in [0.717, 1.165) is 44.7 Å². The zero-order valence-corrected chi connectivity index (χ0v) is 22.6. The van der Waals surface area contributed by atoms with Gasteiger partial charge in [-0.25, -0.2) is 9.89 Å². The van der Waals surface area contributed by atoms with Gasteiger partial charge in [0.25, 0.3) is 0 Å². The Hall–Kier alpha value is -2.15. The molecule has 0 radical (unpaired) electrons. The van der Waals surface area contributed by atoms with E-state index in [1.165, 1.54) is 0 Å². The average Bonchev–Trinajstić information content (AvgIpc) is 2.80. The van der Waals surface area contributed by atoms with Gasteiger partial charge in [0.15, 0.2) is 6.19 Å². The van der Waals surface area contributed by atoms with Crippen LogP contribution in [0.1, 0.15) is 40.5 Å². The second-order valence-electron chi connectivity index (χ2n) is 11.3. The number of anilines is 1. The summed E-state index contributed by atoms with van der Waals surface area (Å²) in [5.41, 5.74) is 0.848. The lowest BCUT2D eigenvalue weighted by atomic mass is 9.77. The summed E-state index contributed by atoms with van der Waals surface area (Å²) < 4.78 is 0. The minimum absolute atomic E-state index is 0.00966. The van der Waals surface area contributed by atoms with Crippen LogP contribution < -0.4 is 10.6 Å². The summed E-state index contributed by atoms with van der Waals surface area (Å²) in [7, 11) is 4.33. The van der Waals surface area contributed by atoms with Gasteiger partial charge in [-0.15, -0.1) is 0 Å². The monoisotopic (exact) mass is 498 g/mol. The molecule has 8 nitrogen and oxygen atoms in total. The summed E-state index contributed by atoms with van der Waals surface area (Å²) in [4.78, 5) is 13.3. The van der Waals surface area contributed by atoms with Crippen molar-refractivity contribution in [3.63, 3.8) is 0 Å². The molecule has 0 amide bonds. The van der Waals surface area contributed by atoms with Gasteiger partial charge in [0.2, 0.25) is 11.7 Å². The Morgan fingerprint density at radius 3 is 2.17 bits per heavy atom. The minimum atomic E-state index is -1.01. The SMILES string of the molecule is CN1CCN(C2(NC3CC(C)(C)N(C)C(C)(C)C3)C(Cl)=CN=C(Nc3ccccc3)N2C#N)CC1. The zero-order valence-electron chi connectivity index (χ0n) is 21.8. The Kier molecular flexibility index (Phi) is 7.20. The van der Waals surface area contributed by atoms with Crippen molar-refractivity contribution in [1.29, 1.82) is 5.26 Å². The molecule has 3 aliphatic heterocycles. The molecule has 2 fully saturated rings. The standard InChI is InChI=1S/C26H39ClN8/c1-24(2)16-21(17-25(3,4)33(24)6)31-26(34-14-12-32(5)13-15-34)22(27)18-29-23(35(26)19-28)30-20-10-8-7-9-11-20/h7-11,18,21,31H,12-17H2,1-6H3,(H,29,30). The smallest absolute Gasteiger partial charge is 0.219 e. The molecule has 0 saturated carbocycles. The lowest BCUT2D eigenvalue weighted by molar-refractivity contribution is -0.0620. The van der Waals surface area contributed by atoms with Crippen molar-refractivity contribution in [3.05, 3.63) is 41.6 Å². The molecule has 2 saturated heterocycles. The van der Waals surface area contributed by atoms with E-state index >= 15 is 0 Å². The number of hydrogen-bond acceptors (Lipinski definition) is 8. The number of piperidine rings is 1. The maximum atomic E-state index is 10.5. The summed E-state index contributed by atoms with van der Waals surface area (Å²) in [5.74, 6) is -0.552. The average molecular weight is 499 g/mol. The topological polar surface area (TPSA) is 73.2 Å². The molecule has 1 aromatic carbocycles. The van der Waals surface area contributed by atoms with Crippen LogP contribution in [0.2, 0.25) is 0 Å². The first kappa shape index (κ1) is 25.9. The van der Waals surface area contributed by atoms with Gasteiger partial charge in [-0.1, -0.05) is 29.8 Å². The molecule has 1 unspecified atom stereocenters. The van der Waals surface area contributed by atoms with Crippen molar-refractivity contribution in [2.45, 2.75) is 63.4 Å². The summed E-state index contributed by atoms with van der Waals surface area (Å²) in [5, 5.41) is 18.3. The van der Waals surface area contributed by atoms with Crippen molar-refractivity contribution in [1.82, 2.24) is 24.9 Å². The normalized spacial score (nSPS) is 28.2. The Balaban J connectivity index is 1.74. The molecular weight excluding hydrogens is 460 g/mol. The second-order valence-corrected chi connectivity index (χ2v) is 11.7. The Bertz CT molecular complexity index is 988. The van der Waals surface area contributed by atoms with Crippen LogP contribution in [0.4, 0.5) is 5.69 Å². The van der Waals surface area contributed by atoms with Crippen LogP contribution in [0.15, 0.2) is 46.6 Å². The highest BCUT2D eigenvalue weighted by molar-refractivity contribution is 6.31. The molecule has 0 aliphatic carbocycles. The van der Waals surface area contributed by atoms with Crippen molar-refractivity contribution >= 4 is 23.2 Å². The molecule has 1 aromatic rings. The molecular formula is C26H39ClN8. The summed E-state index contributed by atoms with van der Waals surface area (Å²) >= 11 is 7.05. The fourth-order valence-corrected chi connectivity index (χ4v) is 6.10. The first-order chi connectivity index (χ1) is 16.5. The molecule has 1 atom stereocenters. The highest BCUT2D eigenvalue weighted by atomic mass is 35.5. The molecule has 190 valence electrons. The van der Waals surface area contributed by atoms with Crippen LogP contribution in [-0.4, -0.2) is 88.7 Å². The van der Waals surface area contributed by atoms with Crippen LogP contribution in [0.25, 0.3) is 0 Å². The number of nitrogens with zero attached hydrogens (tertiary/aromatic N) is 6. The van der Waals surface area contributed by atoms with Crippen molar-refractivity contribution in [2.24, 2.45) is 4.99 Å². The summed E-state index contributed by atoms with van der Waals surface area (Å²) in [6, 6.07) is 9.95. The van der Waals surface area contributed by atoms with E-state index in [4.69, 9.17) is 11.6 Å². The lowest BCUT2D eigenvalue weighted by Gasteiger charge is -2.58. The fourth-order valence-electron chi connectivity index (χ4n) is 5.79. The maximum absolute atomic E-state index is 10.5. The molecule has 0 aromatic heterocycles. The van der Waals surface area contributed by atoms with Crippen LogP contribution in [-0.2, 0) is 0 Å². The van der Waals surface area contributed by atoms with Crippen molar-refractivity contribution in [3.8, 4) is 6.19 Å². The van der Waals surface area contributed by atoms with Crippen molar-refractivity contribution < 1.29 is 0 Å². The third-order valence-corrected chi connectivity index (χ3v) is 8.33. The van der Waals surface area contributed by atoms with E-state index in [2.05, 4.69) is 78.3 Å². The zero-order chi connectivity index (χ0) is 25.4. The third kappa shape index (κ3) is 4.93. The number of hydrogen-bond donors (Lipinski definition) is 2. The highest BCUT2D eigenvalue weighted by Crippen LogP contribution is 2.40. The molecule has 0 bridgehead atoms. The number of aliphatic imine (C=N–C) groups is 1. The van der Waals surface area contributed by atoms with E-state index in [1.54, 1.807) is 11.1 Å². The summed E-state index contributed by atoms with van der Waals surface area (Å²) in [6.45, 7) is 12.5. The van der Waals surface area contributed by atoms with Gasteiger partial charge in [-0.05, 0) is 66.8 Å². The number of benzene rings is 1. The molecule has 9 heteroatoms. The van der Waals surface area contributed by atoms with Crippen LogP contribution in [0.3, 0.4) is 0 Å². The van der Waals surface area contributed by atoms with Gasteiger partial charge in [-0.2, -0.15) is 5.26 Å². The van der Waals surface area contributed by atoms with E-state index in [-0.39, 0.29) is 17.1 Å². The lowest BCUT2D eigenvalue weighted by Crippen LogP contribution is -2.76. The van der Waals surface area contributed by atoms with Crippen LogP contribution in [0, 0.1) is 11.5 Å². The number of rotatable bonds is 4. The molecule has 3 aliphatic rings. The molecule has 35 heavy (non-hydrogen) atoms. The Labute approximate surface area is 215 Å². The van der Waals surface area contributed by atoms with Gasteiger partial charge in [-0.3, -0.25) is 15.1 Å². The highest BCUT2D eigenvalue weighted by Gasteiger charge is 2.53. The first-order valence-electron chi connectivity index (χ1n) is 12.4. The first-order valence-corrected chi connectivity index (χ1v) is 12.8. The largest absolute Gasteiger partial charge is 0.325 e. The number of nitrogens with one attached hydrogen (secondary N) is 2. The maximum Gasteiger partial charge on any atom is 0.219 e. The van der Waals surface area contributed by atoms with Gasteiger partial charge < -0.3 is 10.2 Å². The van der Waals surface area contributed by atoms with Gasteiger partial charge in [0.05, 0.1) is 11.2 Å². The molecule has 0 spiro atoms. The van der Waals surface area contributed by atoms with Gasteiger partial charge in [0, 0.05) is 49.0 Å². The van der Waals surface area contributed by atoms with Crippen LogP contribution >= 0.6 is 11.6 Å². The van der Waals surface area contributed by atoms with Crippen molar-refractivity contribution in [2.75, 3.05) is 45.6 Å². The second kappa shape index (κ2) is 9.72. The minimum Gasteiger partial charge on any atom is -0.325 e. The predicted octanol–water partition coefficient (Wildman–Crippen LogP) is 3.47. The molecule has 3 heterocycles. The number of halogens is 1. The number of guanidine groups is 1. The number of para-hydroxylation sites is 1. The van der Waals surface area contributed by atoms with E-state index in [1.807, 2.05) is 30.3 Å². The Morgan fingerprint density at radius 2 is 1.60 bits per heavy atom. The van der Waals surface area contributed by atoms with E-state index in [9.17, 15) is 5.26 Å². The van der Waals surface area contributed by atoms with Gasteiger partial charge >= 0.3 is 0 Å². The summed E-state index contributed by atoms with van der Waals surface area (Å²) in [6.07, 6.45) is 5.99. The van der Waals surface area contributed by atoms with Gasteiger partial charge in [0.1, 0.15) is 0 Å². The predicted molar refractivity (Wildman–Crippen MR) is 143 cm³/mol. The molecule has 2 N–H and O–H groups in total. The number of likely N-dealkylation sites (N-methyl/N-ethyl adjacent to an activating group) is 1. The van der Waals surface area contributed by atoms with E-state index < -0.39 is 5.79 Å². The number of piperazine rings is 1. The quantitative estimate of drug-likeness (QED) is 0.616. The fraction of sp³-hybridized carbons (Fsp3) is 0.615. The van der Waals surface area contributed by atoms with E-state index in [0.29, 0.717) is 11.0 Å². The Morgan fingerprint density at radius 1 is 1.00 bits per heavy atom. The third-order valence-electron chi connectivity index (χ3n) is 7.97. The number of likely N-dealkylation sites (tertiary alicyclic amines) is 1. The molecule has 4 rings (SSSR count). The van der Waals surface area contributed by atoms with Crippen LogP contribution in [0.5, 0.6) is 0 Å².